The number of nitrogens with two attached hydrogens (primary N) is 1. The van der Waals surface area contributed by atoms with Crippen LogP contribution in [-0.2, 0) is 21.2 Å². The third-order valence-corrected chi connectivity index (χ3v) is 4.86. The summed E-state index contributed by atoms with van der Waals surface area (Å²) in [6.07, 6.45) is 3.08. The van der Waals surface area contributed by atoms with Crippen LogP contribution < -0.4 is 15.8 Å². The van der Waals surface area contributed by atoms with E-state index in [1.165, 1.54) is 18.3 Å². The van der Waals surface area contributed by atoms with Crippen molar-refractivity contribution in [2.75, 3.05) is 23.8 Å². The van der Waals surface area contributed by atoms with Gasteiger partial charge >= 0.3 is 6.09 Å². The number of carbonyl (C=O) groups excluding carboxylic acids is 1. The highest BCUT2D eigenvalue weighted by molar-refractivity contribution is 7.89. The van der Waals surface area contributed by atoms with E-state index in [2.05, 4.69) is 25.6 Å². The Morgan fingerprint density at radius 1 is 1.17 bits per heavy atom. The molecule has 0 bridgehead atoms. The quantitative estimate of drug-likeness (QED) is 0.528. The second kappa shape index (κ2) is 8.80. The number of hydrogen-bond acceptors (Lipinski definition) is 8. The number of nitrogens with zero attached hydrogens (tertiary/aromatic N) is 3. The zero-order valence-corrected chi connectivity index (χ0v) is 16.4. The summed E-state index contributed by atoms with van der Waals surface area (Å²) in [6, 6.07) is 8.01. The third kappa shape index (κ3) is 5.36. The summed E-state index contributed by atoms with van der Waals surface area (Å²) in [5, 5.41) is 10.9. The molecule has 0 radical (unpaired) electrons. The molecule has 0 unspecified atom stereocenters. The molecule has 2 aromatic heterocycles. The average molecular weight is 416 g/mol. The number of primary sulfonamides is 1. The molecule has 0 aliphatic heterocycles. The Morgan fingerprint density at radius 3 is 2.59 bits per heavy atom. The molecule has 0 aliphatic carbocycles. The van der Waals surface area contributed by atoms with Crippen LogP contribution in [0.5, 0.6) is 0 Å². The molecule has 0 fully saturated rings. The van der Waals surface area contributed by atoms with Crippen molar-refractivity contribution in [1.82, 2.24) is 15.0 Å². The highest BCUT2D eigenvalue weighted by Crippen LogP contribution is 2.22. The van der Waals surface area contributed by atoms with Crippen LogP contribution in [0.4, 0.5) is 16.3 Å². The molecule has 4 N–H and O–H groups in total. The fraction of sp³-hybridized carbons (Fsp3) is 0.222. The van der Waals surface area contributed by atoms with E-state index in [4.69, 9.17) is 9.88 Å². The maximum atomic E-state index is 11.7. The van der Waals surface area contributed by atoms with Crippen molar-refractivity contribution in [3.8, 4) is 0 Å². The molecule has 0 saturated heterocycles. The first-order valence-corrected chi connectivity index (χ1v) is 10.3. The van der Waals surface area contributed by atoms with Crippen molar-refractivity contribution in [3.63, 3.8) is 0 Å². The first kappa shape index (κ1) is 20.4. The lowest BCUT2D eigenvalue weighted by molar-refractivity contribution is 0.168. The maximum absolute atomic E-state index is 11.7. The second-order valence-corrected chi connectivity index (χ2v) is 7.56. The average Bonchev–Trinajstić information content (AvgIpc) is 2.68. The summed E-state index contributed by atoms with van der Waals surface area (Å²) in [4.78, 5) is 24.5. The maximum Gasteiger partial charge on any atom is 0.412 e. The summed E-state index contributed by atoms with van der Waals surface area (Å²) in [6.45, 7) is 2.49. The minimum absolute atomic E-state index is 0.0688. The SMILES string of the molecule is CCOC(=O)Nc1cc(NCCc2ccc(S(N)(=O)=O)cc2)c2nccnc2n1. The second-order valence-electron chi connectivity index (χ2n) is 5.99. The van der Waals surface area contributed by atoms with Crippen LogP contribution in [0.15, 0.2) is 47.6 Å². The first-order valence-electron chi connectivity index (χ1n) is 8.78. The Balaban J connectivity index is 1.74. The topological polar surface area (TPSA) is 149 Å². The van der Waals surface area contributed by atoms with Gasteiger partial charge < -0.3 is 10.1 Å². The third-order valence-electron chi connectivity index (χ3n) is 3.93. The van der Waals surface area contributed by atoms with Crippen LogP contribution in [0.2, 0.25) is 0 Å². The predicted molar refractivity (Wildman–Crippen MR) is 108 cm³/mol. The lowest BCUT2D eigenvalue weighted by Gasteiger charge is -2.11. The van der Waals surface area contributed by atoms with E-state index in [9.17, 15) is 13.2 Å². The summed E-state index contributed by atoms with van der Waals surface area (Å²) < 4.78 is 27.5. The minimum atomic E-state index is -3.71. The highest BCUT2D eigenvalue weighted by Gasteiger charge is 2.11. The van der Waals surface area contributed by atoms with Crippen molar-refractivity contribution >= 4 is 38.8 Å². The van der Waals surface area contributed by atoms with Crippen LogP contribution in [0.3, 0.4) is 0 Å². The van der Waals surface area contributed by atoms with Gasteiger partial charge in [-0.2, -0.15) is 0 Å². The largest absolute Gasteiger partial charge is 0.450 e. The smallest absolute Gasteiger partial charge is 0.412 e. The molecule has 10 nitrogen and oxygen atoms in total. The number of aromatic nitrogens is 3. The fourth-order valence-electron chi connectivity index (χ4n) is 2.61. The lowest BCUT2D eigenvalue weighted by Crippen LogP contribution is -2.15. The standard InChI is InChI=1S/C18H20N6O4S/c1-2-28-18(25)24-15-11-14(16-17(23-15)22-10-9-21-16)20-8-7-12-3-5-13(6-4-12)29(19,26)27/h3-6,9-11H,2,7-8H2,1H3,(H2,19,26,27)(H2,20,22,23,24,25). The van der Waals surface area contributed by atoms with Gasteiger partial charge in [0.15, 0.2) is 5.65 Å². The normalized spacial score (nSPS) is 11.2. The molecule has 3 rings (SSSR count). The minimum Gasteiger partial charge on any atom is -0.450 e. The van der Waals surface area contributed by atoms with Gasteiger partial charge in [0.25, 0.3) is 0 Å². The molecular weight excluding hydrogens is 396 g/mol. The molecule has 0 spiro atoms. The van der Waals surface area contributed by atoms with E-state index in [1.54, 1.807) is 31.3 Å². The van der Waals surface area contributed by atoms with Crippen molar-refractivity contribution in [2.24, 2.45) is 5.14 Å². The number of amides is 1. The van der Waals surface area contributed by atoms with Crippen LogP contribution in [0, 0.1) is 0 Å². The predicted octanol–water partition coefficient (Wildman–Crippen LogP) is 1.90. The van der Waals surface area contributed by atoms with E-state index >= 15 is 0 Å². The Morgan fingerprint density at radius 2 is 1.90 bits per heavy atom. The molecule has 3 aromatic rings. The summed E-state index contributed by atoms with van der Waals surface area (Å²) >= 11 is 0. The Kier molecular flexibility index (Phi) is 6.20. The highest BCUT2D eigenvalue weighted by atomic mass is 32.2. The fourth-order valence-corrected chi connectivity index (χ4v) is 3.13. The summed E-state index contributed by atoms with van der Waals surface area (Å²) in [7, 11) is -3.71. The Hall–Kier alpha value is -3.31. The van der Waals surface area contributed by atoms with Crippen LogP contribution in [-0.4, -0.2) is 42.6 Å². The van der Waals surface area contributed by atoms with Gasteiger partial charge in [-0.1, -0.05) is 12.1 Å². The van der Waals surface area contributed by atoms with Gasteiger partial charge in [0.05, 0.1) is 17.2 Å². The van der Waals surface area contributed by atoms with Gasteiger partial charge in [-0.05, 0) is 31.0 Å². The van der Waals surface area contributed by atoms with Gasteiger partial charge in [0.1, 0.15) is 11.3 Å². The van der Waals surface area contributed by atoms with Crippen LogP contribution >= 0.6 is 0 Å². The van der Waals surface area contributed by atoms with Crippen molar-refractivity contribution in [1.29, 1.82) is 0 Å². The number of pyridine rings is 1. The molecule has 11 heteroatoms. The molecule has 0 saturated carbocycles. The summed E-state index contributed by atoms with van der Waals surface area (Å²) in [5.74, 6) is 0.288. The molecule has 2 heterocycles. The number of ether oxygens (including phenoxy) is 1. The number of fused-ring (bicyclic) bond motifs is 1. The zero-order chi connectivity index (χ0) is 20.9. The van der Waals surface area contributed by atoms with E-state index in [1.807, 2.05) is 0 Å². The molecule has 152 valence electrons. The van der Waals surface area contributed by atoms with Gasteiger partial charge in [0.2, 0.25) is 10.0 Å². The molecule has 0 aliphatic rings. The Bertz CT molecular complexity index is 1120. The van der Waals surface area contributed by atoms with E-state index < -0.39 is 16.1 Å². The van der Waals surface area contributed by atoms with Gasteiger partial charge in [-0.3, -0.25) is 5.32 Å². The van der Waals surface area contributed by atoms with Gasteiger partial charge in [0, 0.05) is 25.0 Å². The Labute approximate surface area is 167 Å². The molecular formula is C18H20N6O4S. The number of carbonyl (C=O) groups is 1. The van der Waals surface area contributed by atoms with Crippen LogP contribution in [0.25, 0.3) is 11.2 Å². The summed E-state index contributed by atoms with van der Waals surface area (Å²) in [5.41, 5.74) is 2.52. The lowest BCUT2D eigenvalue weighted by atomic mass is 10.1. The zero-order valence-electron chi connectivity index (χ0n) is 15.6. The van der Waals surface area contributed by atoms with E-state index in [-0.39, 0.29) is 17.3 Å². The number of anilines is 2. The van der Waals surface area contributed by atoms with E-state index in [0.717, 1.165) is 5.56 Å². The molecule has 1 aromatic carbocycles. The molecule has 0 atom stereocenters. The van der Waals surface area contributed by atoms with Crippen molar-refractivity contribution < 1.29 is 17.9 Å². The number of hydrogen-bond donors (Lipinski definition) is 3. The van der Waals surface area contributed by atoms with Gasteiger partial charge in [-0.15, -0.1) is 0 Å². The van der Waals surface area contributed by atoms with Crippen molar-refractivity contribution in [3.05, 3.63) is 48.3 Å². The van der Waals surface area contributed by atoms with Gasteiger partial charge in [-0.25, -0.2) is 33.3 Å². The monoisotopic (exact) mass is 416 g/mol. The number of sulfonamides is 1. The first-order chi connectivity index (χ1) is 13.9. The molecule has 1 amide bonds. The number of rotatable bonds is 7. The molecule has 29 heavy (non-hydrogen) atoms. The van der Waals surface area contributed by atoms with E-state index in [0.29, 0.717) is 29.8 Å². The number of nitrogens with one attached hydrogen (secondary N) is 2. The van der Waals surface area contributed by atoms with Crippen LogP contribution in [0.1, 0.15) is 12.5 Å². The number of benzene rings is 1. The van der Waals surface area contributed by atoms with Crippen molar-refractivity contribution in [2.45, 2.75) is 18.2 Å².